The van der Waals surface area contributed by atoms with Gasteiger partial charge in [0.1, 0.15) is 0 Å². The van der Waals surface area contributed by atoms with Crippen molar-refractivity contribution in [3.05, 3.63) is 93.5 Å². The molecule has 0 amide bonds. The van der Waals surface area contributed by atoms with Crippen LogP contribution in [0.4, 0.5) is 11.4 Å². The molecule has 0 spiro atoms. The lowest BCUT2D eigenvalue weighted by atomic mass is 10.0. The molecule has 0 radical (unpaired) electrons. The highest BCUT2D eigenvalue weighted by molar-refractivity contribution is 7.74. The number of halogens is 2. The molecule has 1 aliphatic rings. The van der Waals surface area contributed by atoms with E-state index >= 15 is 0 Å². The predicted molar refractivity (Wildman–Crippen MR) is 138 cm³/mol. The van der Waals surface area contributed by atoms with E-state index in [0.29, 0.717) is 21.3 Å². The molecule has 168 valence electrons. The highest BCUT2D eigenvalue weighted by atomic mass is 35.5. The van der Waals surface area contributed by atoms with Crippen LogP contribution in [0.3, 0.4) is 0 Å². The van der Waals surface area contributed by atoms with Crippen LogP contribution in [0.2, 0.25) is 10.0 Å². The maximum Gasteiger partial charge on any atom is 0.0991 e. The molecular formula is C24H26Cl2N4OS. The van der Waals surface area contributed by atoms with Crippen molar-refractivity contribution in [3.63, 3.8) is 0 Å². The van der Waals surface area contributed by atoms with E-state index in [1.807, 2.05) is 24.3 Å². The second-order valence-corrected chi connectivity index (χ2v) is 8.00. The summed E-state index contributed by atoms with van der Waals surface area (Å²) in [5, 5.41) is 13.2. The molecule has 0 aromatic heterocycles. The lowest BCUT2D eigenvalue weighted by Crippen LogP contribution is -2.46. The normalized spacial score (nSPS) is 14.9. The minimum atomic E-state index is 0.290. The van der Waals surface area contributed by atoms with Gasteiger partial charge in [-0.3, -0.25) is 0 Å². The molecule has 4 rings (SSSR count). The largest absolute Gasteiger partial charge is 0.399 e. The van der Waals surface area contributed by atoms with Crippen LogP contribution in [0, 0.1) is 18.3 Å². The Hall–Kier alpha value is -2.40. The van der Waals surface area contributed by atoms with Crippen molar-refractivity contribution in [3.8, 4) is 6.07 Å². The van der Waals surface area contributed by atoms with Gasteiger partial charge in [0.15, 0.2) is 0 Å². The Morgan fingerprint density at radius 3 is 2.31 bits per heavy atom. The summed E-state index contributed by atoms with van der Waals surface area (Å²) < 4.78 is 6.69. The summed E-state index contributed by atoms with van der Waals surface area (Å²) in [4.78, 5) is 2.36. The Bertz CT molecular complexity index is 1020. The Kier molecular flexibility index (Phi) is 10.7. The molecule has 0 saturated carbocycles. The van der Waals surface area contributed by atoms with Gasteiger partial charge in [0.2, 0.25) is 0 Å². The van der Waals surface area contributed by atoms with Gasteiger partial charge in [-0.05, 0) is 67.9 Å². The number of hydrogen-bond acceptors (Lipinski definition) is 6. The SMILES string of the molecule is Cc1ccc(C2CNCCN2c2ccc(Cl)cc2Cl)cc1.N#Cc1ccc(N)cc1.OS. The molecule has 3 aromatic carbocycles. The molecule has 0 bridgehead atoms. The molecule has 1 fully saturated rings. The lowest BCUT2D eigenvalue weighted by Gasteiger charge is -2.39. The van der Waals surface area contributed by atoms with E-state index in [0.717, 1.165) is 25.3 Å². The van der Waals surface area contributed by atoms with E-state index in [-0.39, 0.29) is 6.04 Å². The van der Waals surface area contributed by atoms with Crippen LogP contribution in [-0.2, 0) is 0 Å². The van der Waals surface area contributed by atoms with Gasteiger partial charge in [0.25, 0.3) is 0 Å². The Morgan fingerprint density at radius 2 is 1.72 bits per heavy atom. The van der Waals surface area contributed by atoms with Gasteiger partial charge in [-0.2, -0.15) is 5.26 Å². The summed E-state index contributed by atoms with van der Waals surface area (Å²) in [5.74, 6) is 0. The zero-order valence-corrected chi connectivity index (χ0v) is 20.1. The number of anilines is 2. The fraction of sp³-hybridized carbons (Fsp3) is 0.208. The first-order valence-corrected chi connectivity index (χ1v) is 11.1. The summed E-state index contributed by atoms with van der Waals surface area (Å²) in [6, 6.07) is 23.5. The highest BCUT2D eigenvalue weighted by Crippen LogP contribution is 2.35. The van der Waals surface area contributed by atoms with Gasteiger partial charge in [-0.25, -0.2) is 0 Å². The summed E-state index contributed by atoms with van der Waals surface area (Å²) in [6.45, 7) is 4.92. The highest BCUT2D eigenvalue weighted by Gasteiger charge is 2.25. The van der Waals surface area contributed by atoms with E-state index in [2.05, 4.69) is 54.3 Å². The summed E-state index contributed by atoms with van der Waals surface area (Å²) >= 11 is 14.9. The summed E-state index contributed by atoms with van der Waals surface area (Å²) in [6.07, 6.45) is 0. The van der Waals surface area contributed by atoms with Gasteiger partial charge >= 0.3 is 0 Å². The molecule has 32 heavy (non-hydrogen) atoms. The van der Waals surface area contributed by atoms with Gasteiger partial charge in [-0.1, -0.05) is 53.0 Å². The van der Waals surface area contributed by atoms with Crippen molar-refractivity contribution in [2.24, 2.45) is 0 Å². The first kappa shape index (κ1) is 25.9. The van der Waals surface area contributed by atoms with Gasteiger partial charge in [-0.15, -0.1) is 0 Å². The van der Waals surface area contributed by atoms with E-state index in [4.69, 9.17) is 38.8 Å². The Morgan fingerprint density at radius 1 is 1.06 bits per heavy atom. The molecule has 1 atom stereocenters. The Balaban J connectivity index is 0.000000277. The minimum absolute atomic E-state index is 0.290. The molecule has 3 aromatic rings. The number of nitrogens with two attached hydrogens (primary N) is 1. The smallest absolute Gasteiger partial charge is 0.0991 e. The first-order valence-electron chi connectivity index (χ1n) is 9.92. The number of hydrogen-bond donors (Lipinski definition) is 4. The number of piperazine rings is 1. The molecule has 1 saturated heterocycles. The maximum atomic E-state index is 8.34. The van der Waals surface area contributed by atoms with E-state index in [1.165, 1.54) is 11.1 Å². The molecular weight excluding hydrogens is 463 g/mol. The topological polar surface area (TPSA) is 85.3 Å². The zero-order chi connectivity index (χ0) is 23.5. The van der Waals surface area contributed by atoms with Crippen molar-refractivity contribution < 1.29 is 4.55 Å². The fourth-order valence-electron chi connectivity index (χ4n) is 3.35. The number of aryl methyl sites for hydroxylation is 1. The number of nitrogen functional groups attached to an aromatic ring is 1. The third-order valence-corrected chi connectivity index (χ3v) is 5.50. The monoisotopic (exact) mass is 488 g/mol. The number of nitrogens with zero attached hydrogens (tertiary/aromatic N) is 2. The van der Waals surface area contributed by atoms with Gasteiger partial charge in [0, 0.05) is 30.3 Å². The summed E-state index contributed by atoms with van der Waals surface area (Å²) in [5.41, 5.74) is 10.3. The van der Waals surface area contributed by atoms with E-state index in [1.54, 1.807) is 24.3 Å². The number of nitrogens with one attached hydrogen (secondary N) is 1. The molecule has 0 aliphatic carbocycles. The standard InChI is InChI=1S/C17H18Cl2N2.C7H6N2.H2OS/c1-12-2-4-13(5-3-12)17-11-20-8-9-21(17)16-7-6-14(18)10-15(16)19;8-5-6-1-3-7(9)4-2-6;1-2/h2-7,10,17,20H,8-9,11H2,1H3;1-4H,9H2;1-2H. The number of thiol groups is 1. The number of nitriles is 1. The van der Waals surface area contributed by atoms with Gasteiger partial charge in [0.05, 0.1) is 28.4 Å². The average Bonchev–Trinajstić information content (AvgIpc) is 2.82. The average molecular weight is 489 g/mol. The van der Waals surface area contributed by atoms with Crippen molar-refractivity contribution in [1.29, 1.82) is 5.26 Å². The predicted octanol–water partition coefficient (Wildman–Crippen LogP) is 5.98. The minimum Gasteiger partial charge on any atom is -0.399 e. The molecule has 8 heteroatoms. The molecule has 5 nitrogen and oxygen atoms in total. The Labute approximate surface area is 205 Å². The lowest BCUT2D eigenvalue weighted by molar-refractivity contribution is 0.490. The zero-order valence-electron chi connectivity index (χ0n) is 17.7. The third kappa shape index (κ3) is 7.33. The molecule has 1 unspecified atom stereocenters. The molecule has 1 aliphatic heterocycles. The van der Waals surface area contributed by atoms with E-state index in [9.17, 15) is 0 Å². The third-order valence-electron chi connectivity index (χ3n) is 4.96. The second kappa shape index (κ2) is 13.2. The van der Waals surface area contributed by atoms with Crippen LogP contribution in [0.1, 0.15) is 22.7 Å². The van der Waals surface area contributed by atoms with Crippen LogP contribution in [-0.4, -0.2) is 24.2 Å². The van der Waals surface area contributed by atoms with Crippen molar-refractivity contribution in [2.45, 2.75) is 13.0 Å². The van der Waals surface area contributed by atoms with Crippen LogP contribution in [0.5, 0.6) is 0 Å². The van der Waals surface area contributed by atoms with Crippen LogP contribution < -0.4 is 16.0 Å². The van der Waals surface area contributed by atoms with Gasteiger partial charge < -0.3 is 20.5 Å². The quantitative estimate of drug-likeness (QED) is 0.202. The first-order chi connectivity index (χ1) is 15.5. The fourth-order valence-corrected chi connectivity index (χ4v) is 3.87. The van der Waals surface area contributed by atoms with Crippen molar-refractivity contribution >= 4 is 47.5 Å². The second-order valence-electron chi connectivity index (χ2n) is 7.15. The van der Waals surface area contributed by atoms with Crippen LogP contribution in [0.15, 0.2) is 66.7 Å². The van der Waals surface area contributed by atoms with Crippen molar-refractivity contribution in [2.75, 3.05) is 30.3 Å². The molecule has 4 N–H and O–H groups in total. The molecule has 1 heterocycles. The summed E-state index contributed by atoms with van der Waals surface area (Å²) in [7, 11) is 0. The number of benzene rings is 3. The number of rotatable bonds is 2. The maximum absolute atomic E-state index is 8.34. The van der Waals surface area contributed by atoms with Crippen molar-refractivity contribution in [1.82, 2.24) is 5.32 Å². The van der Waals surface area contributed by atoms with Crippen LogP contribution >= 0.6 is 36.1 Å². The van der Waals surface area contributed by atoms with Crippen LogP contribution in [0.25, 0.3) is 0 Å². The van der Waals surface area contributed by atoms with E-state index < -0.39 is 0 Å².